The first kappa shape index (κ1) is 11.5. The number of amides is 1. The van der Waals surface area contributed by atoms with Crippen molar-refractivity contribution >= 4 is 5.91 Å². The smallest absolute Gasteiger partial charge is 0.246 e. The summed E-state index contributed by atoms with van der Waals surface area (Å²) in [6, 6.07) is 0. The lowest BCUT2D eigenvalue weighted by atomic mass is 10.1. The molecular weight excluding hydrogens is 228 g/mol. The molecule has 96 valence electrons. The highest BCUT2D eigenvalue weighted by Crippen LogP contribution is 2.26. The SMILES string of the molecule is NC(=O)C1=CN2C(=CC1)CN1C/C=C\CCN2C1. The van der Waals surface area contributed by atoms with Crippen LogP contribution in [0.4, 0.5) is 0 Å². The Balaban J connectivity index is 1.87. The predicted molar refractivity (Wildman–Crippen MR) is 68.7 cm³/mol. The molecule has 0 aromatic carbocycles. The molecule has 2 N–H and O–H groups in total. The molecule has 5 heteroatoms. The first-order valence-electron chi connectivity index (χ1n) is 6.35. The molecule has 3 heterocycles. The van der Waals surface area contributed by atoms with Gasteiger partial charge in [-0.3, -0.25) is 14.7 Å². The highest BCUT2D eigenvalue weighted by atomic mass is 16.1. The standard InChI is InChI=1S/C13H18N4O/c14-13(18)11-4-5-12-9-15-6-2-1-3-7-16(10-15)17(12)8-11/h1-2,5,8H,3-4,6-7,9-10H2,(H2,14,18)/b2-1-. The zero-order chi connectivity index (χ0) is 12.5. The number of allylic oxidation sites excluding steroid dienone is 1. The third kappa shape index (κ3) is 2.07. The quantitative estimate of drug-likeness (QED) is 0.680. The van der Waals surface area contributed by atoms with Crippen LogP contribution in [0.25, 0.3) is 0 Å². The van der Waals surface area contributed by atoms with Crippen LogP contribution in [0.3, 0.4) is 0 Å². The first-order chi connectivity index (χ1) is 8.74. The van der Waals surface area contributed by atoms with Gasteiger partial charge in [0, 0.05) is 37.1 Å². The van der Waals surface area contributed by atoms with E-state index in [0.29, 0.717) is 12.0 Å². The fourth-order valence-corrected chi connectivity index (χ4v) is 2.61. The average Bonchev–Trinajstić information content (AvgIpc) is 2.35. The molecule has 0 aromatic heterocycles. The van der Waals surface area contributed by atoms with Crippen molar-refractivity contribution in [1.29, 1.82) is 0 Å². The van der Waals surface area contributed by atoms with Crippen molar-refractivity contribution in [3.05, 3.63) is 35.7 Å². The molecule has 0 spiro atoms. The van der Waals surface area contributed by atoms with E-state index < -0.39 is 0 Å². The molecule has 0 radical (unpaired) electrons. The second-order valence-corrected chi connectivity index (χ2v) is 4.91. The zero-order valence-electron chi connectivity index (χ0n) is 10.4. The normalized spacial score (nSPS) is 32.6. The lowest BCUT2D eigenvalue weighted by Crippen LogP contribution is -2.54. The number of nitrogens with zero attached hydrogens (tertiary/aromatic N) is 3. The molecule has 18 heavy (non-hydrogen) atoms. The van der Waals surface area contributed by atoms with E-state index in [0.717, 1.165) is 32.7 Å². The van der Waals surface area contributed by atoms with Crippen molar-refractivity contribution in [2.45, 2.75) is 12.8 Å². The van der Waals surface area contributed by atoms with Crippen molar-refractivity contribution in [2.24, 2.45) is 5.73 Å². The lowest BCUT2D eigenvalue weighted by molar-refractivity contribution is -0.115. The van der Waals surface area contributed by atoms with Gasteiger partial charge in [0.1, 0.15) is 0 Å². The Morgan fingerprint density at radius 2 is 2.22 bits per heavy atom. The van der Waals surface area contributed by atoms with Gasteiger partial charge in [-0.05, 0) is 12.8 Å². The minimum absolute atomic E-state index is 0.320. The largest absolute Gasteiger partial charge is 0.366 e. The Morgan fingerprint density at radius 3 is 3.06 bits per heavy atom. The van der Waals surface area contributed by atoms with E-state index in [4.69, 9.17) is 5.73 Å². The van der Waals surface area contributed by atoms with E-state index in [1.54, 1.807) is 0 Å². The number of fused-ring (bicyclic) bond motifs is 4. The van der Waals surface area contributed by atoms with Crippen LogP contribution < -0.4 is 5.73 Å². The van der Waals surface area contributed by atoms with E-state index >= 15 is 0 Å². The average molecular weight is 246 g/mol. The Morgan fingerprint density at radius 1 is 1.33 bits per heavy atom. The molecule has 0 saturated carbocycles. The van der Waals surface area contributed by atoms with Crippen molar-refractivity contribution in [3.63, 3.8) is 0 Å². The van der Waals surface area contributed by atoms with Crippen LogP contribution in [0.15, 0.2) is 35.7 Å². The number of rotatable bonds is 1. The Bertz CT molecular complexity index is 452. The van der Waals surface area contributed by atoms with E-state index in [9.17, 15) is 4.79 Å². The molecule has 5 nitrogen and oxygen atoms in total. The van der Waals surface area contributed by atoms with Gasteiger partial charge in [-0.1, -0.05) is 18.2 Å². The molecule has 2 unspecified atom stereocenters. The number of hydrogen-bond acceptors (Lipinski definition) is 4. The minimum Gasteiger partial charge on any atom is -0.366 e. The van der Waals surface area contributed by atoms with Crippen molar-refractivity contribution < 1.29 is 4.79 Å². The molecule has 3 rings (SSSR count). The fraction of sp³-hybridized carbons (Fsp3) is 0.462. The van der Waals surface area contributed by atoms with Crippen LogP contribution in [0.2, 0.25) is 0 Å². The van der Waals surface area contributed by atoms with Gasteiger partial charge in [-0.2, -0.15) is 0 Å². The molecule has 0 aliphatic carbocycles. The molecule has 0 aromatic rings. The van der Waals surface area contributed by atoms with Gasteiger partial charge in [-0.15, -0.1) is 0 Å². The van der Waals surface area contributed by atoms with Crippen molar-refractivity contribution in [1.82, 2.24) is 14.9 Å². The van der Waals surface area contributed by atoms with Gasteiger partial charge in [0.05, 0.1) is 6.67 Å². The molecule has 3 aliphatic rings. The van der Waals surface area contributed by atoms with Crippen LogP contribution in [0.5, 0.6) is 0 Å². The Kier molecular flexibility index (Phi) is 2.93. The summed E-state index contributed by atoms with van der Waals surface area (Å²) in [7, 11) is 0. The van der Waals surface area contributed by atoms with Gasteiger partial charge in [0.15, 0.2) is 0 Å². The van der Waals surface area contributed by atoms with Gasteiger partial charge in [0.25, 0.3) is 0 Å². The Hall–Kier alpha value is -1.59. The van der Waals surface area contributed by atoms with Crippen molar-refractivity contribution in [3.8, 4) is 0 Å². The molecule has 3 aliphatic heterocycles. The van der Waals surface area contributed by atoms with Gasteiger partial charge in [-0.25, -0.2) is 5.01 Å². The summed E-state index contributed by atoms with van der Waals surface area (Å²) < 4.78 is 0. The topological polar surface area (TPSA) is 52.8 Å². The van der Waals surface area contributed by atoms with E-state index in [1.807, 2.05) is 6.20 Å². The predicted octanol–water partition coefficient (Wildman–Crippen LogP) is 0.395. The second kappa shape index (κ2) is 4.59. The summed E-state index contributed by atoms with van der Waals surface area (Å²) in [4.78, 5) is 13.7. The number of nitrogens with two attached hydrogens (primary N) is 1. The number of carbonyl (C=O) groups excluding carboxylic acids is 1. The lowest BCUT2D eigenvalue weighted by Gasteiger charge is -2.46. The maximum absolute atomic E-state index is 11.3. The van der Waals surface area contributed by atoms with Crippen LogP contribution in [-0.2, 0) is 4.79 Å². The van der Waals surface area contributed by atoms with Crippen LogP contribution >= 0.6 is 0 Å². The number of hydrogen-bond donors (Lipinski definition) is 1. The maximum atomic E-state index is 11.3. The minimum atomic E-state index is -0.320. The van der Waals surface area contributed by atoms with E-state index in [2.05, 4.69) is 33.1 Å². The maximum Gasteiger partial charge on any atom is 0.246 e. The molecule has 1 saturated heterocycles. The molecule has 2 atom stereocenters. The number of hydrazine groups is 1. The number of primary amides is 1. The zero-order valence-corrected chi connectivity index (χ0v) is 10.4. The third-order valence-corrected chi connectivity index (χ3v) is 3.58. The first-order valence-corrected chi connectivity index (χ1v) is 6.35. The fourth-order valence-electron chi connectivity index (χ4n) is 2.61. The monoisotopic (exact) mass is 246 g/mol. The summed E-state index contributed by atoms with van der Waals surface area (Å²) >= 11 is 0. The highest BCUT2D eigenvalue weighted by molar-refractivity contribution is 5.92. The second-order valence-electron chi connectivity index (χ2n) is 4.91. The molecule has 1 amide bonds. The summed E-state index contributed by atoms with van der Waals surface area (Å²) in [6.45, 7) is 3.80. The van der Waals surface area contributed by atoms with Crippen LogP contribution in [0, 0.1) is 0 Å². The van der Waals surface area contributed by atoms with Crippen LogP contribution in [-0.4, -0.2) is 47.1 Å². The van der Waals surface area contributed by atoms with E-state index in [1.165, 1.54) is 5.70 Å². The highest BCUT2D eigenvalue weighted by Gasteiger charge is 2.29. The van der Waals surface area contributed by atoms with Gasteiger partial charge >= 0.3 is 0 Å². The van der Waals surface area contributed by atoms with Crippen molar-refractivity contribution in [2.75, 3.05) is 26.3 Å². The molecular formula is C13H18N4O. The molecule has 1 fully saturated rings. The third-order valence-electron chi connectivity index (χ3n) is 3.58. The van der Waals surface area contributed by atoms with Crippen LogP contribution in [0.1, 0.15) is 12.8 Å². The van der Waals surface area contributed by atoms with Gasteiger partial charge in [0.2, 0.25) is 5.91 Å². The summed E-state index contributed by atoms with van der Waals surface area (Å²) in [5, 5.41) is 4.38. The number of carbonyl (C=O) groups is 1. The van der Waals surface area contributed by atoms with E-state index in [-0.39, 0.29) is 5.91 Å². The van der Waals surface area contributed by atoms with Gasteiger partial charge < -0.3 is 5.73 Å². The molecule has 2 bridgehead atoms. The summed E-state index contributed by atoms with van der Waals surface area (Å²) in [6.07, 6.45) is 10.2. The summed E-state index contributed by atoms with van der Waals surface area (Å²) in [5.41, 5.74) is 7.31. The summed E-state index contributed by atoms with van der Waals surface area (Å²) in [5.74, 6) is -0.320. The Labute approximate surface area is 107 Å².